The van der Waals surface area contributed by atoms with Gasteiger partial charge in [0.1, 0.15) is 0 Å². The normalized spacial score (nSPS) is 11.8. The summed E-state index contributed by atoms with van der Waals surface area (Å²) in [6, 6.07) is 2.95. The van der Waals surface area contributed by atoms with E-state index in [9.17, 15) is 17.2 Å². The summed E-state index contributed by atoms with van der Waals surface area (Å²) in [7, 11) is -4.64. The van der Waals surface area contributed by atoms with Gasteiger partial charge in [-0.15, -0.1) is 0 Å². The highest BCUT2D eigenvalue weighted by Gasteiger charge is 2.24. The maximum Gasteiger partial charge on any atom is 0.355 e. The topological polar surface area (TPSA) is 72.2 Å². The van der Waals surface area contributed by atoms with Crippen LogP contribution in [-0.2, 0) is 10.0 Å². The lowest BCUT2D eigenvalue weighted by Crippen LogP contribution is -2.21. The third-order valence-electron chi connectivity index (χ3n) is 2.10. The lowest BCUT2D eigenvalue weighted by molar-refractivity contribution is 0.236. The van der Waals surface area contributed by atoms with Gasteiger partial charge in [0.05, 0.1) is 5.69 Å². The van der Waals surface area contributed by atoms with Crippen LogP contribution in [0.4, 0.5) is 20.2 Å². The van der Waals surface area contributed by atoms with Crippen LogP contribution >= 0.6 is 0 Å². The van der Waals surface area contributed by atoms with E-state index in [-0.39, 0.29) is 5.69 Å². The molecule has 0 spiro atoms. The Morgan fingerprint density at radius 1 is 1.25 bits per heavy atom. The second-order valence-electron chi connectivity index (χ2n) is 3.43. The highest BCUT2D eigenvalue weighted by molar-refractivity contribution is 7.93. The zero-order valence-electron chi connectivity index (χ0n) is 8.79. The first-order valence-electron chi connectivity index (χ1n) is 4.40. The van der Waals surface area contributed by atoms with E-state index in [0.717, 1.165) is 5.56 Å². The zero-order valence-corrected chi connectivity index (χ0v) is 9.61. The molecule has 0 unspecified atom stereocenters. The molecule has 0 fully saturated rings. The predicted octanol–water partition coefficient (Wildman–Crippen LogP) is 1.85. The molecule has 3 N–H and O–H groups in total. The van der Waals surface area contributed by atoms with Crippen molar-refractivity contribution >= 4 is 21.4 Å². The number of nitrogens with one attached hydrogen (secondary N) is 1. The second kappa shape index (κ2) is 4.25. The van der Waals surface area contributed by atoms with Gasteiger partial charge in [-0.05, 0) is 31.0 Å². The maximum absolute atomic E-state index is 12.1. The first kappa shape index (κ1) is 12.7. The number of hydrogen-bond acceptors (Lipinski definition) is 3. The fourth-order valence-corrected chi connectivity index (χ4v) is 1.79. The molecule has 1 rings (SSSR count). The summed E-state index contributed by atoms with van der Waals surface area (Å²) in [5.74, 6) is -3.46. The summed E-state index contributed by atoms with van der Waals surface area (Å²) in [5.41, 5.74) is 7.28. The third kappa shape index (κ3) is 2.60. The van der Waals surface area contributed by atoms with Gasteiger partial charge in [-0.25, -0.2) is 8.42 Å². The highest BCUT2D eigenvalue weighted by atomic mass is 32.2. The Morgan fingerprint density at radius 2 is 1.81 bits per heavy atom. The van der Waals surface area contributed by atoms with Crippen LogP contribution in [0.3, 0.4) is 0 Å². The molecule has 0 aliphatic rings. The third-order valence-corrected chi connectivity index (χ3v) is 3.07. The first-order valence-corrected chi connectivity index (χ1v) is 5.95. The fraction of sp³-hybridized carbons (Fsp3) is 0.333. The standard InChI is InChI=1S/C9H12F2N2O2S/c1-5-3-6(2)8(4-7(5)12)13-16(14,15)9(10)11/h3-4,9,13H,12H2,1-2H3. The van der Waals surface area contributed by atoms with Gasteiger partial charge in [0.2, 0.25) is 0 Å². The van der Waals surface area contributed by atoms with E-state index in [2.05, 4.69) is 0 Å². The molecule has 0 heterocycles. The van der Waals surface area contributed by atoms with Gasteiger partial charge in [-0.1, -0.05) is 6.07 Å². The number of nitrogen functional groups attached to an aromatic ring is 1. The van der Waals surface area contributed by atoms with Crippen LogP contribution in [0.5, 0.6) is 0 Å². The molecule has 16 heavy (non-hydrogen) atoms. The average molecular weight is 250 g/mol. The quantitative estimate of drug-likeness (QED) is 0.804. The van der Waals surface area contributed by atoms with Crippen LogP contribution in [0.1, 0.15) is 11.1 Å². The maximum atomic E-state index is 12.1. The van der Waals surface area contributed by atoms with Gasteiger partial charge in [0.25, 0.3) is 10.0 Å². The summed E-state index contributed by atoms with van der Waals surface area (Å²) in [6.07, 6.45) is 0. The van der Waals surface area contributed by atoms with Crippen LogP contribution in [0.2, 0.25) is 0 Å². The SMILES string of the molecule is Cc1cc(C)c(NS(=O)(=O)C(F)F)cc1N. The number of alkyl halides is 2. The van der Waals surface area contributed by atoms with Gasteiger partial charge in [-0.2, -0.15) is 8.78 Å². The number of hydrogen-bond donors (Lipinski definition) is 2. The smallest absolute Gasteiger partial charge is 0.355 e. The minimum atomic E-state index is -4.64. The number of halogens is 2. The predicted molar refractivity (Wildman–Crippen MR) is 58.9 cm³/mol. The number of aryl methyl sites for hydroxylation is 2. The van der Waals surface area contributed by atoms with Gasteiger partial charge in [-0.3, -0.25) is 4.72 Å². The Kier molecular flexibility index (Phi) is 3.37. The average Bonchev–Trinajstić information content (AvgIpc) is 2.13. The van der Waals surface area contributed by atoms with Crippen LogP contribution < -0.4 is 10.5 Å². The fourth-order valence-electron chi connectivity index (χ4n) is 1.18. The number of anilines is 2. The van der Waals surface area contributed by atoms with Crippen molar-refractivity contribution in [3.63, 3.8) is 0 Å². The molecule has 0 aliphatic heterocycles. The van der Waals surface area contributed by atoms with Gasteiger partial charge in [0, 0.05) is 5.69 Å². The second-order valence-corrected chi connectivity index (χ2v) is 5.08. The minimum absolute atomic E-state index is 0.0726. The molecule has 0 bridgehead atoms. The van der Waals surface area contributed by atoms with Crippen molar-refractivity contribution in [1.29, 1.82) is 0 Å². The summed E-state index contributed by atoms with van der Waals surface area (Å²) >= 11 is 0. The van der Waals surface area contributed by atoms with Crippen LogP contribution in [0.15, 0.2) is 12.1 Å². The van der Waals surface area contributed by atoms with E-state index in [0.29, 0.717) is 11.3 Å². The van der Waals surface area contributed by atoms with Crippen LogP contribution in [-0.4, -0.2) is 14.2 Å². The Bertz CT molecular complexity index is 500. The molecule has 1 aromatic rings. The summed E-state index contributed by atoms with van der Waals surface area (Å²) in [4.78, 5) is 0. The van der Waals surface area contributed by atoms with Gasteiger partial charge < -0.3 is 5.73 Å². The van der Waals surface area contributed by atoms with Crippen molar-refractivity contribution < 1.29 is 17.2 Å². The number of sulfonamides is 1. The molecule has 0 aromatic heterocycles. The molecule has 1 aromatic carbocycles. The van der Waals surface area contributed by atoms with E-state index in [1.165, 1.54) is 6.07 Å². The summed E-state index contributed by atoms with van der Waals surface area (Å²) in [6.45, 7) is 3.35. The molecule has 0 saturated carbocycles. The van der Waals surface area contributed by atoms with Crippen molar-refractivity contribution in [3.8, 4) is 0 Å². The van der Waals surface area contributed by atoms with Crippen LogP contribution in [0.25, 0.3) is 0 Å². The van der Waals surface area contributed by atoms with Crippen molar-refractivity contribution in [2.75, 3.05) is 10.5 Å². The Hall–Kier alpha value is -1.37. The number of nitrogens with two attached hydrogens (primary N) is 1. The molecular formula is C9H12F2N2O2S. The monoisotopic (exact) mass is 250 g/mol. The van der Waals surface area contributed by atoms with E-state index in [4.69, 9.17) is 5.73 Å². The van der Waals surface area contributed by atoms with E-state index >= 15 is 0 Å². The first-order chi connectivity index (χ1) is 7.24. The lowest BCUT2D eigenvalue weighted by atomic mass is 10.1. The molecule has 7 heteroatoms. The van der Waals surface area contributed by atoms with Crippen LogP contribution in [0, 0.1) is 13.8 Å². The number of benzene rings is 1. The molecule has 0 atom stereocenters. The molecule has 0 saturated heterocycles. The van der Waals surface area contributed by atoms with E-state index in [1.807, 2.05) is 0 Å². The molecular weight excluding hydrogens is 238 g/mol. The van der Waals surface area contributed by atoms with Gasteiger partial charge >= 0.3 is 5.76 Å². The van der Waals surface area contributed by atoms with Crippen molar-refractivity contribution in [3.05, 3.63) is 23.3 Å². The minimum Gasteiger partial charge on any atom is -0.398 e. The van der Waals surface area contributed by atoms with Gasteiger partial charge in [0.15, 0.2) is 0 Å². The number of rotatable bonds is 3. The van der Waals surface area contributed by atoms with E-state index < -0.39 is 15.8 Å². The lowest BCUT2D eigenvalue weighted by Gasteiger charge is -2.11. The largest absolute Gasteiger partial charge is 0.398 e. The summed E-state index contributed by atoms with van der Waals surface area (Å²) < 4.78 is 47.9. The Morgan fingerprint density at radius 3 is 2.31 bits per heavy atom. The Labute approximate surface area is 92.5 Å². The zero-order chi connectivity index (χ0) is 12.5. The van der Waals surface area contributed by atoms with Crippen molar-refractivity contribution in [2.24, 2.45) is 0 Å². The summed E-state index contributed by atoms with van der Waals surface area (Å²) in [5, 5.41) is 0. The van der Waals surface area contributed by atoms with E-state index in [1.54, 1.807) is 24.6 Å². The molecule has 4 nitrogen and oxygen atoms in total. The van der Waals surface area contributed by atoms with Crippen molar-refractivity contribution in [1.82, 2.24) is 0 Å². The Balaban J connectivity index is 3.13. The molecule has 0 aliphatic carbocycles. The molecule has 90 valence electrons. The highest BCUT2D eigenvalue weighted by Crippen LogP contribution is 2.24. The van der Waals surface area contributed by atoms with Crippen molar-refractivity contribution in [2.45, 2.75) is 19.6 Å². The molecule has 0 radical (unpaired) electrons. The molecule has 0 amide bonds.